The SMILES string of the molecule is COCCN(C(=O)C1CCNCC1)c1ccc(OC)c(OC)c1. The molecule has 23 heavy (non-hydrogen) atoms. The summed E-state index contributed by atoms with van der Waals surface area (Å²) in [6, 6.07) is 5.55. The third kappa shape index (κ3) is 4.36. The van der Waals surface area contributed by atoms with Crippen LogP contribution in [0.15, 0.2) is 18.2 Å². The molecule has 0 unspecified atom stereocenters. The third-order valence-corrected chi connectivity index (χ3v) is 4.15. The average Bonchev–Trinajstić information content (AvgIpc) is 2.62. The maximum Gasteiger partial charge on any atom is 0.230 e. The summed E-state index contributed by atoms with van der Waals surface area (Å²) in [6.07, 6.45) is 1.74. The van der Waals surface area contributed by atoms with Crippen molar-refractivity contribution in [2.45, 2.75) is 12.8 Å². The second kappa shape index (κ2) is 8.74. The number of nitrogens with zero attached hydrogens (tertiary/aromatic N) is 1. The van der Waals surface area contributed by atoms with E-state index in [1.165, 1.54) is 0 Å². The molecular formula is C17H26N2O4. The summed E-state index contributed by atoms with van der Waals surface area (Å²) in [5, 5.41) is 3.29. The van der Waals surface area contributed by atoms with E-state index in [0.717, 1.165) is 31.6 Å². The van der Waals surface area contributed by atoms with Gasteiger partial charge in [0.2, 0.25) is 5.91 Å². The van der Waals surface area contributed by atoms with Crippen LogP contribution < -0.4 is 19.7 Å². The summed E-state index contributed by atoms with van der Waals surface area (Å²) in [5.41, 5.74) is 0.809. The van der Waals surface area contributed by atoms with Crippen molar-refractivity contribution in [3.05, 3.63) is 18.2 Å². The minimum Gasteiger partial charge on any atom is -0.493 e. The molecule has 0 atom stereocenters. The number of methoxy groups -OCH3 is 3. The lowest BCUT2D eigenvalue weighted by molar-refractivity contribution is -0.123. The third-order valence-electron chi connectivity index (χ3n) is 4.15. The van der Waals surface area contributed by atoms with Gasteiger partial charge in [-0.1, -0.05) is 0 Å². The molecule has 0 spiro atoms. The fraction of sp³-hybridized carbons (Fsp3) is 0.588. The van der Waals surface area contributed by atoms with Crippen LogP contribution in [-0.2, 0) is 9.53 Å². The number of ether oxygens (including phenoxy) is 3. The van der Waals surface area contributed by atoms with Gasteiger partial charge in [0.05, 0.1) is 20.8 Å². The minimum absolute atomic E-state index is 0.0567. The Bertz CT molecular complexity index is 515. The maximum absolute atomic E-state index is 12.9. The lowest BCUT2D eigenvalue weighted by atomic mass is 9.96. The first-order valence-corrected chi connectivity index (χ1v) is 7.94. The van der Waals surface area contributed by atoms with Crippen LogP contribution in [0.25, 0.3) is 0 Å². The average molecular weight is 322 g/mol. The second-order valence-electron chi connectivity index (χ2n) is 5.55. The smallest absolute Gasteiger partial charge is 0.230 e. The van der Waals surface area contributed by atoms with E-state index in [4.69, 9.17) is 14.2 Å². The topological polar surface area (TPSA) is 60.0 Å². The molecule has 6 heteroatoms. The van der Waals surface area contributed by atoms with Crippen molar-refractivity contribution in [2.24, 2.45) is 5.92 Å². The van der Waals surface area contributed by atoms with Gasteiger partial charge in [-0.25, -0.2) is 0 Å². The Balaban J connectivity index is 2.24. The van der Waals surface area contributed by atoms with E-state index in [1.807, 2.05) is 18.2 Å². The van der Waals surface area contributed by atoms with Gasteiger partial charge >= 0.3 is 0 Å². The van der Waals surface area contributed by atoms with Gasteiger partial charge < -0.3 is 24.4 Å². The van der Waals surface area contributed by atoms with Gasteiger partial charge in [0, 0.05) is 31.3 Å². The van der Waals surface area contributed by atoms with Crippen molar-refractivity contribution in [3.8, 4) is 11.5 Å². The number of carbonyl (C=O) groups excluding carboxylic acids is 1. The van der Waals surface area contributed by atoms with E-state index in [0.29, 0.717) is 24.7 Å². The molecule has 0 aromatic heterocycles. The Morgan fingerprint density at radius 2 is 1.87 bits per heavy atom. The predicted octanol–water partition coefficient (Wildman–Crippen LogP) is 1.68. The standard InChI is InChI=1S/C17H26N2O4/c1-21-11-10-19(17(20)13-6-8-18-9-7-13)14-4-5-15(22-2)16(12-14)23-3/h4-5,12-13,18H,6-11H2,1-3H3. The van der Waals surface area contributed by atoms with Crippen molar-refractivity contribution in [3.63, 3.8) is 0 Å². The fourth-order valence-electron chi connectivity index (χ4n) is 2.83. The summed E-state index contributed by atoms with van der Waals surface area (Å²) in [5.74, 6) is 1.47. The predicted molar refractivity (Wildman–Crippen MR) is 89.4 cm³/mol. The van der Waals surface area contributed by atoms with Crippen molar-refractivity contribution < 1.29 is 19.0 Å². The van der Waals surface area contributed by atoms with Crippen LogP contribution in [0.3, 0.4) is 0 Å². The largest absolute Gasteiger partial charge is 0.493 e. The van der Waals surface area contributed by atoms with Crippen LogP contribution in [0.1, 0.15) is 12.8 Å². The molecule has 2 rings (SSSR count). The monoisotopic (exact) mass is 322 g/mol. The Morgan fingerprint density at radius 3 is 2.48 bits per heavy atom. The molecule has 1 aliphatic heterocycles. The Hall–Kier alpha value is -1.79. The number of benzene rings is 1. The first-order chi connectivity index (χ1) is 11.2. The number of nitrogens with one attached hydrogen (secondary N) is 1. The second-order valence-corrected chi connectivity index (χ2v) is 5.55. The quantitative estimate of drug-likeness (QED) is 0.828. The molecule has 1 fully saturated rings. The number of rotatable bonds is 7. The highest BCUT2D eigenvalue weighted by Crippen LogP contribution is 2.32. The van der Waals surface area contributed by atoms with E-state index in [2.05, 4.69) is 5.32 Å². The molecule has 1 aromatic carbocycles. The molecule has 6 nitrogen and oxygen atoms in total. The summed E-state index contributed by atoms with van der Waals surface area (Å²) in [7, 11) is 4.83. The number of hydrogen-bond donors (Lipinski definition) is 1. The summed E-state index contributed by atoms with van der Waals surface area (Å²) < 4.78 is 15.8. The molecule has 0 aliphatic carbocycles. The van der Waals surface area contributed by atoms with Gasteiger partial charge in [-0.3, -0.25) is 4.79 Å². The number of hydrogen-bond acceptors (Lipinski definition) is 5. The maximum atomic E-state index is 12.9. The van der Waals surface area contributed by atoms with Crippen LogP contribution in [-0.4, -0.2) is 53.5 Å². The van der Waals surface area contributed by atoms with Crippen LogP contribution in [0.2, 0.25) is 0 Å². The van der Waals surface area contributed by atoms with Gasteiger partial charge in [0.15, 0.2) is 11.5 Å². The van der Waals surface area contributed by atoms with Crippen molar-refractivity contribution in [1.82, 2.24) is 5.32 Å². The van der Waals surface area contributed by atoms with Gasteiger partial charge in [-0.2, -0.15) is 0 Å². The molecule has 1 aliphatic rings. The Labute approximate surface area is 137 Å². The molecule has 1 aromatic rings. The lowest BCUT2D eigenvalue weighted by Crippen LogP contribution is -2.42. The molecule has 1 amide bonds. The fourth-order valence-corrected chi connectivity index (χ4v) is 2.83. The van der Waals surface area contributed by atoms with Crippen LogP contribution in [0.5, 0.6) is 11.5 Å². The van der Waals surface area contributed by atoms with Crippen LogP contribution in [0.4, 0.5) is 5.69 Å². The van der Waals surface area contributed by atoms with Gasteiger partial charge in [-0.05, 0) is 38.1 Å². The highest BCUT2D eigenvalue weighted by Gasteiger charge is 2.27. The number of amides is 1. The van der Waals surface area contributed by atoms with Gasteiger partial charge in [0.1, 0.15) is 0 Å². The number of anilines is 1. The molecule has 0 bridgehead atoms. The summed E-state index contributed by atoms with van der Waals surface area (Å²) >= 11 is 0. The van der Waals surface area contributed by atoms with Gasteiger partial charge in [0.25, 0.3) is 0 Å². The zero-order valence-corrected chi connectivity index (χ0v) is 14.1. The molecule has 1 saturated heterocycles. The molecule has 1 heterocycles. The van der Waals surface area contributed by atoms with E-state index in [9.17, 15) is 4.79 Å². The molecule has 0 radical (unpaired) electrons. The highest BCUT2D eigenvalue weighted by atomic mass is 16.5. The molecule has 0 saturated carbocycles. The molecule has 1 N–H and O–H groups in total. The first kappa shape index (κ1) is 17.6. The molecular weight excluding hydrogens is 296 g/mol. The van der Waals surface area contributed by atoms with Gasteiger partial charge in [-0.15, -0.1) is 0 Å². The Morgan fingerprint density at radius 1 is 1.17 bits per heavy atom. The van der Waals surface area contributed by atoms with E-state index in [1.54, 1.807) is 26.2 Å². The van der Waals surface area contributed by atoms with Crippen molar-refractivity contribution in [2.75, 3.05) is 52.5 Å². The van der Waals surface area contributed by atoms with E-state index in [-0.39, 0.29) is 11.8 Å². The van der Waals surface area contributed by atoms with Crippen LogP contribution in [0, 0.1) is 5.92 Å². The van der Waals surface area contributed by atoms with Crippen molar-refractivity contribution in [1.29, 1.82) is 0 Å². The number of carbonyl (C=O) groups is 1. The molecule has 128 valence electrons. The van der Waals surface area contributed by atoms with E-state index >= 15 is 0 Å². The summed E-state index contributed by atoms with van der Waals surface area (Å²) in [6.45, 7) is 2.79. The summed E-state index contributed by atoms with van der Waals surface area (Å²) in [4.78, 5) is 14.7. The zero-order valence-electron chi connectivity index (χ0n) is 14.1. The first-order valence-electron chi connectivity index (χ1n) is 7.94. The van der Waals surface area contributed by atoms with Crippen LogP contribution >= 0.6 is 0 Å². The minimum atomic E-state index is 0.0567. The zero-order chi connectivity index (χ0) is 16.7. The highest BCUT2D eigenvalue weighted by molar-refractivity contribution is 5.95. The Kier molecular flexibility index (Phi) is 6.67. The van der Waals surface area contributed by atoms with E-state index < -0.39 is 0 Å². The normalized spacial score (nSPS) is 15.3. The number of piperidine rings is 1. The van der Waals surface area contributed by atoms with Crippen molar-refractivity contribution >= 4 is 11.6 Å². The lowest BCUT2D eigenvalue weighted by Gasteiger charge is -2.30.